The smallest absolute Gasteiger partial charge is 0.385 e. The summed E-state index contributed by atoms with van der Waals surface area (Å²) >= 11 is 0. The SMILES string of the molecule is N#[N+]c1c([O-])ccc2ccc(Cc3ccccc3)cc12. The Morgan fingerprint density at radius 3 is 2.40 bits per heavy atom. The topological polar surface area (TPSA) is 51.2 Å². The Balaban J connectivity index is 2.08. The highest BCUT2D eigenvalue weighted by molar-refractivity contribution is 5.97. The van der Waals surface area contributed by atoms with E-state index in [0.29, 0.717) is 5.39 Å². The summed E-state index contributed by atoms with van der Waals surface area (Å²) in [4.78, 5) is 3.13. The fourth-order valence-corrected chi connectivity index (χ4v) is 2.38. The Morgan fingerprint density at radius 2 is 1.65 bits per heavy atom. The molecule has 0 atom stereocenters. The Bertz CT molecular complexity index is 804. The van der Waals surface area contributed by atoms with Crippen molar-refractivity contribution < 1.29 is 5.11 Å². The third kappa shape index (κ3) is 2.19. The molecule has 3 rings (SSSR count). The van der Waals surface area contributed by atoms with Crippen molar-refractivity contribution in [2.24, 2.45) is 0 Å². The number of diazo groups is 1. The summed E-state index contributed by atoms with van der Waals surface area (Å²) in [7, 11) is 0. The van der Waals surface area contributed by atoms with Crippen molar-refractivity contribution in [3.05, 3.63) is 76.8 Å². The number of hydrogen-bond donors (Lipinski definition) is 0. The average Bonchev–Trinajstić information content (AvgIpc) is 2.48. The van der Waals surface area contributed by atoms with E-state index in [1.807, 2.05) is 36.4 Å². The fraction of sp³-hybridized carbons (Fsp3) is 0.0588. The fourth-order valence-electron chi connectivity index (χ4n) is 2.38. The Labute approximate surface area is 116 Å². The minimum atomic E-state index is -0.267. The lowest BCUT2D eigenvalue weighted by Crippen LogP contribution is -1.91. The van der Waals surface area contributed by atoms with Crippen molar-refractivity contribution in [2.45, 2.75) is 6.42 Å². The molecule has 0 aliphatic rings. The van der Waals surface area contributed by atoms with Gasteiger partial charge in [-0.25, -0.2) is 0 Å². The Morgan fingerprint density at radius 1 is 0.900 bits per heavy atom. The van der Waals surface area contributed by atoms with Crippen LogP contribution in [0.1, 0.15) is 11.1 Å². The first-order valence-corrected chi connectivity index (χ1v) is 6.39. The first-order chi connectivity index (χ1) is 9.78. The van der Waals surface area contributed by atoms with Gasteiger partial charge in [-0.15, -0.1) is 0 Å². The van der Waals surface area contributed by atoms with E-state index in [4.69, 9.17) is 5.39 Å². The molecule has 0 aromatic heterocycles. The number of hydrogen-bond acceptors (Lipinski definition) is 2. The monoisotopic (exact) mass is 260 g/mol. The van der Waals surface area contributed by atoms with Gasteiger partial charge in [0, 0.05) is 0 Å². The molecule has 96 valence electrons. The van der Waals surface area contributed by atoms with Gasteiger partial charge < -0.3 is 5.11 Å². The third-order valence-corrected chi connectivity index (χ3v) is 3.37. The van der Waals surface area contributed by atoms with E-state index in [1.54, 1.807) is 6.07 Å². The molecule has 0 heterocycles. The van der Waals surface area contributed by atoms with Crippen LogP contribution in [0.3, 0.4) is 0 Å². The lowest BCUT2D eigenvalue weighted by molar-refractivity contribution is -0.266. The quantitative estimate of drug-likeness (QED) is 0.654. The van der Waals surface area contributed by atoms with Crippen molar-refractivity contribution >= 4 is 16.5 Å². The van der Waals surface area contributed by atoms with Crippen molar-refractivity contribution in [1.29, 1.82) is 5.39 Å². The van der Waals surface area contributed by atoms with Gasteiger partial charge in [0.25, 0.3) is 0 Å². The maximum Gasteiger partial charge on any atom is 0.385 e. The maximum atomic E-state index is 11.7. The lowest BCUT2D eigenvalue weighted by atomic mass is 10.00. The molecule has 0 N–H and O–H groups in total. The molecule has 0 spiro atoms. The summed E-state index contributed by atoms with van der Waals surface area (Å²) in [5.41, 5.74) is 2.39. The van der Waals surface area contributed by atoms with Crippen LogP contribution in [0.15, 0.2) is 60.7 Å². The summed E-state index contributed by atoms with van der Waals surface area (Å²) < 4.78 is 0. The second-order valence-electron chi connectivity index (χ2n) is 4.73. The molecule has 3 nitrogen and oxygen atoms in total. The predicted octanol–water partition coefficient (Wildman–Crippen LogP) is 3.99. The predicted molar refractivity (Wildman–Crippen MR) is 77.4 cm³/mol. The van der Waals surface area contributed by atoms with Crippen molar-refractivity contribution in [3.63, 3.8) is 0 Å². The van der Waals surface area contributed by atoms with Crippen molar-refractivity contribution in [2.75, 3.05) is 0 Å². The second kappa shape index (κ2) is 5.02. The molecule has 0 aliphatic heterocycles. The van der Waals surface area contributed by atoms with Gasteiger partial charge in [0.15, 0.2) is 4.98 Å². The molecule has 0 unspecified atom stereocenters. The van der Waals surface area contributed by atoms with Crippen LogP contribution in [-0.2, 0) is 6.42 Å². The number of benzene rings is 3. The van der Waals surface area contributed by atoms with Crippen LogP contribution >= 0.6 is 0 Å². The summed E-state index contributed by atoms with van der Waals surface area (Å²) in [6, 6.07) is 19.2. The summed E-state index contributed by atoms with van der Waals surface area (Å²) in [6.07, 6.45) is 0.782. The van der Waals surface area contributed by atoms with Crippen molar-refractivity contribution in [3.8, 4) is 5.75 Å². The van der Waals surface area contributed by atoms with Gasteiger partial charge in [-0.05, 0) is 34.7 Å². The van der Waals surface area contributed by atoms with E-state index in [1.165, 1.54) is 11.6 Å². The molecule has 3 aromatic carbocycles. The molecule has 0 fully saturated rings. The number of nitrogens with zero attached hydrogens (tertiary/aromatic N) is 2. The van der Waals surface area contributed by atoms with Gasteiger partial charge in [0.1, 0.15) is 0 Å². The summed E-state index contributed by atoms with van der Waals surface area (Å²) in [6.45, 7) is 0. The summed E-state index contributed by atoms with van der Waals surface area (Å²) in [5.74, 6) is -0.267. The normalized spacial score (nSPS) is 10.3. The zero-order valence-corrected chi connectivity index (χ0v) is 10.8. The molecule has 3 heteroatoms. The van der Waals surface area contributed by atoms with Crippen LogP contribution < -0.4 is 5.11 Å². The van der Waals surface area contributed by atoms with Crippen LogP contribution in [0.4, 0.5) is 5.69 Å². The van der Waals surface area contributed by atoms with Gasteiger partial charge >= 0.3 is 5.69 Å². The van der Waals surface area contributed by atoms with Crippen LogP contribution in [0.2, 0.25) is 0 Å². The highest BCUT2D eigenvalue weighted by atomic mass is 16.3. The zero-order valence-electron chi connectivity index (χ0n) is 10.8. The van der Waals surface area contributed by atoms with Gasteiger partial charge in [-0.2, -0.15) is 0 Å². The molecule has 0 amide bonds. The lowest BCUT2D eigenvalue weighted by Gasteiger charge is -2.06. The maximum absolute atomic E-state index is 11.7. The Hall–Kier alpha value is -2.86. The second-order valence-corrected chi connectivity index (χ2v) is 4.73. The van der Waals surface area contributed by atoms with E-state index < -0.39 is 0 Å². The Kier molecular flexibility index (Phi) is 3.06. The van der Waals surface area contributed by atoms with Crippen molar-refractivity contribution in [1.82, 2.24) is 0 Å². The van der Waals surface area contributed by atoms with E-state index in [-0.39, 0.29) is 11.4 Å². The molecule has 0 bridgehead atoms. The molecule has 0 saturated carbocycles. The molecule has 0 aliphatic carbocycles. The molecular formula is C17H12N2O. The van der Waals surface area contributed by atoms with Crippen LogP contribution in [0.5, 0.6) is 5.75 Å². The van der Waals surface area contributed by atoms with Gasteiger partial charge in [0.2, 0.25) is 5.39 Å². The molecule has 0 saturated heterocycles. The first kappa shape index (κ1) is 12.2. The highest BCUT2D eigenvalue weighted by Crippen LogP contribution is 2.34. The van der Waals surface area contributed by atoms with Gasteiger partial charge in [-0.3, -0.25) is 0 Å². The van der Waals surface area contributed by atoms with E-state index in [9.17, 15) is 5.11 Å². The molecule has 3 aromatic rings. The molecule has 20 heavy (non-hydrogen) atoms. The van der Waals surface area contributed by atoms with Crippen LogP contribution in [0, 0.1) is 5.39 Å². The first-order valence-electron chi connectivity index (χ1n) is 6.39. The van der Waals surface area contributed by atoms with Gasteiger partial charge in [0.05, 0.1) is 5.39 Å². The standard InChI is InChI=1S/C17H12N2O/c18-19-17-15-11-13(10-12-4-2-1-3-5-12)6-7-14(15)8-9-16(17)20/h1-9,11H,10H2. The van der Waals surface area contributed by atoms with E-state index >= 15 is 0 Å². The molecule has 0 radical (unpaired) electrons. The minimum absolute atomic E-state index is 0.109. The van der Waals surface area contributed by atoms with E-state index in [2.05, 4.69) is 17.1 Å². The summed E-state index contributed by atoms with van der Waals surface area (Å²) in [5, 5.41) is 22.3. The largest absolute Gasteiger partial charge is 0.867 e. The minimum Gasteiger partial charge on any atom is -0.867 e. The highest BCUT2D eigenvalue weighted by Gasteiger charge is 2.13. The van der Waals surface area contributed by atoms with Crippen LogP contribution in [-0.4, -0.2) is 0 Å². The molecular weight excluding hydrogens is 248 g/mol. The third-order valence-electron chi connectivity index (χ3n) is 3.37. The van der Waals surface area contributed by atoms with Gasteiger partial charge in [-0.1, -0.05) is 54.6 Å². The van der Waals surface area contributed by atoms with Crippen LogP contribution in [0.25, 0.3) is 15.7 Å². The number of fused-ring (bicyclic) bond motifs is 1. The average molecular weight is 260 g/mol. The number of rotatable bonds is 2. The van der Waals surface area contributed by atoms with E-state index in [0.717, 1.165) is 17.4 Å². The zero-order chi connectivity index (χ0) is 13.9.